The Kier molecular flexibility index (Phi) is 3.87. The standard InChI is InChI=1S/C14H25N3/c1-3-14(7-5-6-8-14)13(15)9-12-10-16-17(4-2)11-12/h10-11,13H,3-9,15H2,1-2H3. The van der Waals surface area contributed by atoms with Crippen LogP contribution in [0.15, 0.2) is 12.4 Å². The zero-order valence-corrected chi connectivity index (χ0v) is 11.2. The quantitative estimate of drug-likeness (QED) is 0.853. The van der Waals surface area contributed by atoms with Crippen molar-refractivity contribution in [1.29, 1.82) is 0 Å². The van der Waals surface area contributed by atoms with Crippen LogP contribution in [0.2, 0.25) is 0 Å². The van der Waals surface area contributed by atoms with Gasteiger partial charge in [-0.1, -0.05) is 19.8 Å². The van der Waals surface area contributed by atoms with Crippen molar-refractivity contribution in [2.45, 2.75) is 65.0 Å². The topological polar surface area (TPSA) is 43.8 Å². The Bertz CT molecular complexity index is 350. The van der Waals surface area contributed by atoms with Crippen molar-refractivity contribution in [2.75, 3.05) is 0 Å². The molecule has 1 aliphatic carbocycles. The Labute approximate surface area is 104 Å². The summed E-state index contributed by atoms with van der Waals surface area (Å²) in [7, 11) is 0. The fraction of sp³-hybridized carbons (Fsp3) is 0.786. The molecule has 0 spiro atoms. The largest absolute Gasteiger partial charge is 0.327 e. The number of aryl methyl sites for hydroxylation is 1. The van der Waals surface area contributed by atoms with Crippen LogP contribution < -0.4 is 5.73 Å². The summed E-state index contributed by atoms with van der Waals surface area (Å²) < 4.78 is 1.98. The van der Waals surface area contributed by atoms with Crippen LogP contribution in [-0.2, 0) is 13.0 Å². The summed E-state index contributed by atoms with van der Waals surface area (Å²) in [6, 6.07) is 0.296. The normalized spacial score (nSPS) is 20.6. The summed E-state index contributed by atoms with van der Waals surface area (Å²) in [5.41, 5.74) is 8.16. The summed E-state index contributed by atoms with van der Waals surface area (Å²) in [5, 5.41) is 4.32. The van der Waals surface area contributed by atoms with E-state index in [0.29, 0.717) is 11.5 Å². The molecule has 1 heterocycles. The molecule has 0 radical (unpaired) electrons. The molecule has 1 atom stereocenters. The number of hydrogen-bond acceptors (Lipinski definition) is 2. The van der Waals surface area contributed by atoms with Crippen LogP contribution in [0.3, 0.4) is 0 Å². The first-order chi connectivity index (χ1) is 8.20. The van der Waals surface area contributed by atoms with Gasteiger partial charge in [0, 0.05) is 18.8 Å². The minimum absolute atomic E-state index is 0.296. The Balaban J connectivity index is 2.02. The predicted molar refractivity (Wildman–Crippen MR) is 70.8 cm³/mol. The third kappa shape index (κ3) is 2.54. The van der Waals surface area contributed by atoms with Crippen LogP contribution in [0.4, 0.5) is 0 Å². The Morgan fingerprint density at radius 1 is 1.41 bits per heavy atom. The van der Waals surface area contributed by atoms with E-state index in [1.807, 2.05) is 10.9 Å². The van der Waals surface area contributed by atoms with Gasteiger partial charge in [0.15, 0.2) is 0 Å². The van der Waals surface area contributed by atoms with E-state index >= 15 is 0 Å². The second kappa shape index (κ2) is 5.21. The molecule has 2 N–H and O–H groups in total. The predicted octanol–water partition coefficient (Wildman–Crippen LogP) is 2.74. The molecule has 1 saturated carbocycles. The highest BCUT2D eigenvalue weighted by Crippen LogP contribution is 2.43. The van der Waals surface area contributed by atoms with Crippen molar-refractivity contribution in [1.82, 2.24) is 9.78 Å². The maximum Gasteiger partial charge on any atom is 0.0522 e. The van der Waals surface area contributed by atoms with Gasteiger partial charge in [-0.2, -0.15) is 5.10 Å². The lowest BCUT2D eigenvalue weighted by atomic mass is 9.75. The summed E-state index contributed by atoms with van der Waals surface area (Å²) in [6.45, 7) is 5.34. The van der Waals surface area contributed by atoms with Crippen LogP contribution in [0.5, 0.6) is 0 Å². The molecule has 0 aliphatic heterocycles. The molecule has 0 aromatic carbocycles. The molecule has 1 aromatic heterocycles. The van der Waals surface area contributed by atoms with Crippen molar-refractivity contribution < 1.29 is 0 Å². The molecular formula is C14H25N3. The van der Waals surface area contributed by atoms with Crippen LogP contribution >= 0.6 is 0 Å². The van der Waals surface area contributed by atoms with Crippen molar-refractivity contribution in [3.05, 3.63) is 18.0 Å². The van der Waals surface area contributed by atoms with E-state index < -0.39 is 0 Å². The van der Waals surface area contributed by atoms with E-state index in [-0.39, 0.29) is 0 Å². The average Bonchev–Trinajstić information content (AvgIpc) is 2.97. The fourth-order valence-electron chi connectivity index (χ4n) is 3.22. The third-order valence-electron chi connectivity index (χ3n) is 4.56. The summed E-state index contributed by atoms with van der Waals surface area (Å²) in [5.74, 6) is 0. The van der Waals surface area contributed by atoms with Gasteiger partial charge in [-0.3, -0.25) is 4.68 Å². The molecule has 1 fully saturated rings. The van der Waals surface area contributed by atoms with E-state index in [1.54, 1.807) is 0 Å². The molecule has 1 unspecified atom stereocenters. The van der Waals surface area contributed by atoms with Gasteiger partial charge in [0.2, 0.25) is 0 Å². The number of hydrogen-bond donors (Lipinski definition) is 1. The molecule has 3 nitrogen and oxygen atoms in total. The second-order valence-electron chi connectivity index (χ2n) is 5.44. The van der Waals surface area contributed by atoms with Gasteiger partial charge < -0.3 is 5.73 Å². The highest BCUT2D eigenvalue weighted by molar-refractivity contribution is 5.09. The van der Waals surface area contributed by atoms with Gasteiger partial charge in [0.25, 0.3) is 0 Å². The maximum atomic E-state index is 6.47. The highest BCUT2D eigenvalue weighted by atomic mass is 15.3. The summed E-state index contributed by atoms with van der Waals surface area (Å²) in [6.07, 6.45) is 11.6. The van der Waals surface area contributed by atoms with E-state index in [4.69, 9.17) is 5.73 Å². The lowest BCUT2D eigenvalue weighted by Gasteiger charge is -2.34. The zero-order valence-electron chi connectivity index (χ0n) is 11.2. The monoisotopic (exact) mass is 235 g/mol. The molecule has 96 valence electrons. The molecule has 1 aliphatic rings. The Morgan fingerprint density at radius 3 is 2.65 bits per heavy atom. The smallest absolute Gasteiger partial charge is 0.0522 e. The molecule has 2 rings (SSSR count). The first kappa shape index (κ1) is 12.6. The van der Waals surface area contributed by atoms with E-state index in [9.17, 15) is 0 Å². The van der Waals surface area contributed by atoms with Gasteiger partial charge in [0.1, 0.15) is 0 Å². The van der Waals surface area contributed by atoms with Crippen LogP contribution in [0, 0.1) is 5.41 Å². The van der Waals surface area contributed by atoms with Gasteiger partial charge in [-0.25, -0.2) is 0 Å². The van der Waals surface area contributed by atoms with E-state index in [0.717, 1.165) is 13.0 Å². The molecule has 0 saturated heterocycles. The maximum absolute atomic E-state index is 6.47. The molecule has 0 amide bonds. The van der Waals surface area contributed by atoms with E-state index in [2.05, 4.69) is 25.1 Å². The minimum atomic E-state index is 0.296. The molecule has 1 aromatic rings. The SMILES string of the molecule is CCn1cc(CC(N)C2(CC)CCCC2)cn1. The minimum Gasteiger partial charge on any atom is -0.327 e. The Hall–Kier alpha value is -0.830. The number of aromatic nitrogens is 2. The second-order valence-corrected chi connectivity index (χ2v) is 5.44. The zero-order chi connectivity index (χ0) is 12.3. The summed E-state index contributed by atoms with van der Waals surface area (Å²) >= 11 is 0. The van der Waals surface area contributed by atoms with Crippen molar-refractivity contribution in [3.63, 3.8) is 0 Å². The average molecular weight is 235 g/mol. The first-order valence-corrected chi connectivity index (χ1v) is 6.97. The van der Waals surface area contributed by atoms with Gasteiger partial charge >= 0.3 is 0 Å². The molecule has 3 heteroatoms. The third-order valence-corrected chi connectivity index (χ3v) is 4.56. The van der Waals surface area contributed by atoms with Gasteiger partial charge in [0.05, 0.1) is 6.20 Å². The number of nitrogens with two attached hydrogens (primary N) is 1. The Morgan fingerprint density at radius 2 is 2.12 bits per heavy atom. The number of nitrogens with zero attached hydrogens (tertiary/aromatic N) is 2. The van der Waals surface area contributed by atoms with Gasteiger partial charge in [-0.15, -0.1) is 0 Å². The lowest BCUT2D eigenvalue weighted by molar-refractivity contribution is 0.219. The lowest BCUT2D eigenvalue weighted by Crippen LogP contribution is -2.41. The molecule has 17 heavy (non-hydrogen) atoms. The summed E-state index contributed by atoms with van der Waals surface area (Å²) in [4.78, 5) is 0. The van der Waals surface area contributed by atoms with Crippen molar-refractivity contribution in [3.8, 4) is 0 Å². The number of rotatable bonds is 5. The molecular weight excluding hydrogens is 210 g/mol. The van der Waals surface area contributed by atoms with Crippen LogP contribution in [-0.4, -0.2) is 15.8 Å². The highest BCUT2D eigenvalue weighted by Gasteiger charge is 2.37. The van der Waals surface area contributed by atoms with E-state index in [1.165, 1.54) is 37.7 Å². The fourth-order valence-corrected chi connectivity index (χ4v) is 3.22. The van der Waals surface area contributed by atoms with Crippen LogP contribution in [0.1, 0.15) is 51.5 Å². The van der Waals surface area contributed by atoms with Crippen molar-refractivity contribution in [2.24, 2.45) is 11.1 Å². The molecule has 0 bridgehead atoms. The van der Waals surface area contributed by atoms with Crippen LogP contribution in [0.25, 0.3) is 0 Å². The van der Waals surface area contributed by atoms with Crippen molar-refractivity contribution >= 4 is 0 Å². The first-order valence-electron chi connectivity index (χ1n) is 6.97. The van der Waals surface area contributed by atoms with Gasteiger partial charge in [-0.05, 0) is 43.6 Å².